The second-order valence-corrected chi connectivity index (χ2v) is 8.88. The van der Waals surface area contributed by atoms with Crippen molar-refractivity contribution in [1.82, 2.24) is 4.31 Å². The lowest BCUT2D eigenvalue weighted by Crippen LogP contribution is -2.41. The third-order valence-electron chi connectivity index (χ3n) is 5.19. The summed E-state index contributed by atoms with van der Waals surface area (Å²) in [6.07, 6.45) is 2.76. The number of benzene rings is 1. The molecule has 26 heavy (non-hydrogen) atoms. The zero-order valence-corrected chi connectivity index (χ0v) is 15.6. The van der Waals surface area contributed by atoms with Gasteiger partial charge in [0.25, 0.3) is 5.91 Å². The number of amides is 1. The maximum atomic E-state index is 12.9. The highest BCUT2D eigenvalue weighted by Gasteiger charge is 2.34. The van der Waals surface area contributed by atoms with Crippen molar-refractivity contribution in [3.05, 3.63) is 29.3 Å². The first-order chi connectivity index (χ1) is 12.3. The molecule has 1 saturated heterocycles. The van der Waals surface area contributed by atoms with Crippen LogP contribution < -0.4 is 5.73 Å². The summed E-state index contributed by atoms with van der Waals surface area (Å²) < 4.78 is 32.2. The van der Waals surface area contributed by atoms with E-state index < -0.39 is 33.9 Å². The Morgan fingerprint density at radius 2 is 1.85 bits per heavy atom. The van der Waals surface area contributed by atoms with Crippen LogP contribution in [0, 0.1) is 5.92 Å². The summed E-state index contributed by atoms with van der Waals surface area (Å²) in [4.78, 5) is 23.4. The predicted molar refractivity (Wildman–Crippen MR) is 94.7 cm³/mol. The van der Waals surface area contributed by atoms with E-state index >= 15 is 0 Å². The number of carbonyl (C=O) groups excluding carboxylic acids is 2. The molecular weight excluding hydrogens is 356 g/mol. The van der Waals surface area contributed by atoms with Gasteiger partial charge in [-0.25, -0.2) is 8.42 Å². The minimum absolute atomic E-state index is 0.254. The molecule has 142 valence electrons. The first kappa shape index (κ1) is 18.8. The molecule has 2 N–H and O–H groups in total. The highest BCUT2D eigenvalue weighted by Crippen LogP contribution is 2.29. The van der Waals surface area contributed by atoms with E-state index in [4.69, 9.17) is 10.5 Å². The van der Waals surface area contributed by atoms with Gasteiger partial charge in [0.15, 0.2) is 6.10 Å². The minimum Gasteiger partial charge on any atom is -0.452 e. The lowest BCUT2D eigenvalue weighted by molar-refractivity contribution is -0.159. The Bertz CT molecular complexity index is 813. The van der Waals surface area contributed by atoms with E-state index in [0.717, 1.165) is 24.8 Å². The Labute approximate surface area is 153 Å². The Morgan fingerprint density at radius 3 is 2.50 bits per heavy atom. The molecule has 8 heteroatoms. The number of rotatable bonds is 5. The third-order valence-corrected chi connectivity index (χ3v) is 7.08. The smallest absolute Gasteiger partial charge is 0.309 e. The molecule has 2 aliphatic rings. The molecule has 1 heterocycles. The van der Waals surface area contributed by atoms with Crippen molar-refractivity contribution in [2.45, 2.75) is 50.0 Å². The number of esters is 1. The number of nitrogens with zero attached hydrogens (tertiary/aromatic N) is 1. The van der Waals surface area contributed by atoms with Gasteiger partial charge in [-0.15, -0.1) is 0 Å². The summed E-state index contributed by atoms with van der Waals surface area (Å²) in [6.45, 7) is 1.93. The molecule has 1 unspecified atom stereocenters. The van der Waals surface area contributed by atoms with Gasteiger partial charge in [0.2, 0.25) is 10.0 Å². The average Bonchev–Trinajstić information content (AvgIpc) is 3.09. The van der Waals surface area contributed by atoms with E-state index in [0.29, 0.717) is 17.7 Å². The van der Waals surface area contributed by atoms with E-state index in [-0.39, 0.29) is 13.1 Å². The number of carbonyl (C=O) groups is 2. The monoisotopic (exact) mass is 380 g/mol. The topological polar surface area (TPSA) is 107 Å². The van der Waals surface area contributed by atoms with Crippen molar-refractivity contribution >= 4 is 21.9 Å². The molecule has 0 radical (unpaired) electrons. The number of hydrogen-bond acceptors (Lipinski definition) is 5. The second kappa shape index (κ2) is 7.36. The van der Waals surface area contributed by atoms with Gasteiger partial charge in [0.1, 0.15) is 0 Å². The first-order valence-corrected chi connectivity index (χ1v) is 10.3. The van der Waals surface area contributed by atoms with Crippen molar-refractivity contribution < 1.29 is 22.7 Å². The zero-order chi connectivity index (χ0) is 18.9. The normalized spacial score (nSPS) is 19.7. The second-order valence-electron chi connectivity index (χ2n) is 6.94. The van der Waals surface area contributed by atoms with Crippen LogP contribution in [0.1, 0.15) is 37.3 Å². The molecule has 1 aliphatic carbocycles. The quantitative estimate of drug-likeness (QED) is 0.767. The van der Waals surface area contributed by atoms with Gasteiger partial charge in [-0.05, 0) is 62.3 Å². The fourth-order valence-corrected chi connectivity index (χ4v) is 5.04. The van der Waals surface area contributed by atoms with Crippen molar-refractivity contribution in [2.75, 3.05) is 13.1 Å². The Balaban J connectivity index is 1.64. The van der Waals surface area contributed by atoms with Gasteiger partial charge >= 0.3 is 5.97 Å². The van der Waals surface area contributed by atoms with Crippen LogP contribution in [0.25, 0.3) is 0 Å². The third kappa shape index (κ3) is 3.76. The van der Waals surface area contributed by atoms with E-state index in [1.54, 1.807) is 12.1 Å². The van der Waals surface area contributed by atoms with Crippen LogP contribution in [0.2, 0.25) is 0 Å². The molecule has 1 atom stereocenters. The molecule has 0 bridgehead atoms. The summed E-state index contributed by atoms with van der Waals surface area (Å²) in [5.74, 6) is -1.61. The molecule has 0 saturated carbocycles. The van der Waals surface area contributed by atoms with Gasteiger partial charge in [-0.3, -0.25) is 9.59 Å². The van der Waals surface area contributed by atoms with Gasteiger partial charge in [-0.1, -0.05) is 6.07 Å². The number of aryl methyl sites for hydroxylation is 2. The molecular formula is C18H24N2O5S. The fraction of sp³-hybridized carbons (Fsp3) is 0.556. The molecule has 0 spiro atoms. The number of primary amides is 1. The Kier molecular flexibility index (Phi) is 5.34. The highest BCUT2D eigenvalue weighted by atomic mass is 32.2. The van der Waals surface area contributed by atoms with Crippen LogP contribution in [-0.2, 0) is 37.2 Å². The summed E-state index contributed by atoms with van der Waals surface area (Å²) in [6, 6.07) is 5.37. The summed E-state index contributed by atoms with van der Waals surface area (Å²) in [5, 5.41) is 0. The largest absolute Gasteiger partial charge is 0.452 e. The number of sulfonamides is 1. The number of ether oxygens (including phenoxy) is 1. The molecule has 3 rings (SSSR count). The fourth-order valence-electron chi connectivity index (χ4n) is 3.52. The van der Waals surface area contributed by atoms with Crippen LogP contribution in [-0.4, -0.2) is 43.8 Å². The molecule has 1 aromatic rings. The molecule has 1 aliphatic heterocycles. The molecule has 1 aromatic carbocycles. The van der Waals surface area contributed by atoms with Gasteiger partial charge < -0.3 is 10.5 Å². The van der Waals surface area contributed by atoms with Crippen molar-refractivity contribution in [3.8, 4) is 0 Å². The predicted octanol–water partition coefficient (Wildman–Crippen LogP) is 0.993. The van der Waals surface area contributed by atoms with E-state index in [1.807, 2.05) is 6.07 Å². The van der Waals surface area contributed by atoms with Crippen molar-refractivity contribution in [3.63, 3.8) is 0 Å². The number of fused-ring (bicyclic) bond motifs is 1. The van der Waals surface area contributed by atoms with Crippen molar-refractivity contribution in [2.24, 2.45) is 11.7 Å². The number of hydrogen-bond donors (Lipinski definition) is 1. The molecule has 7 nitrogen and oxygen atoms in total. The first-order valence-electron chi connectivity index (χ1n) is 8.91. The summed E-state index contributed by atoms with van der Waals surface area (Å²) in [5.41, 5.74) is 7.44. The maximum Gasteiger partial charge on any atom is 0.309 e. The van der Waals surface area contributed by atoms with Crippen LogP contribution in [0.4, 0.5) is 0 Å². The standard InChI is InChI=1S/C18H24N2O5S/c1-12(17(19)21)25-18(22)14-7-9-20(10-8-14)26(23,24)16-6-5-13-3-2-4-15(13)11-16/h5-6,11-12,14H,2-4,7-10H2,1H3,(H2,19,21). The Morgan fingerprint density at radius 1 is 1.19 bits per heavy atom. The molecule has 1 amide bonds. The minimum atomic E-state index is -3.56. The lowest BCUT2D eigenvalue weighted by atomic mass is 9.98. The molecule has 0 aromatic heterocycles. The van der Waals surface area contributed by atoms with Crippen LogP contribution in [0.3, 0.4) is 0 Å². The SMILES string of the molecule is CC(OC(=O)C1CCN(S(=O)(=O)c2ccc3c(c2)CCC3)CC1)C(N)=O. The van der Waals surface area contributed by atoms with E-state index in [1.165, 1.54) is 16.8 Å². The van der Waals surface area contributed by atoms with Crippen molar-refractivity contribution in [1.29, 1.82) is 0 Å². The van der Waals surface area contributed by atoms with Crippen LogP contribution >= 0.6 is 0 Å². The van der Waals surface area contributed by atoms with Gasteiger partial charge in [-0.2, -0.15) is 4.31 Å². The van der Waals surface area contributed by atoms with E-state index in [9.17, 15) is 18.0 Å². The maximum absolute atomic E-state index is 12.9. The zero-order valence-electron chi connectivity index (χ0n) is 14.8. The van der Waals surface area contributed by atoms with Gasteiger partial charge in [0.05, 0.1) is 10.8 Å². The lowest BCUT2D eigenvalue weighted by Gasteiger charge is -2.30. The van der Waals surface area contributed by atoms with Crippen LogP contribution in [0.5, 0.6) is 0 Å². The number of nitrogens with two attached hydrogens (primary N) is 1. The number of piperidine rings is 1. The van der Waals surface area contributed by atoms with Crippen LogP contribution in [0.15, 0.2) is 23.1 Å². The van der Waals surface area contributed by atoms with E-state index in [2.05, 4.69) is 0 Å². The summed E-state index contributed by atoms with van der Waals surface area (Å²) in [7, 11) is -3.56. The summed E-state index contributed by atoms with van der Waals surface area (Å²) >= 11 is 0. The van der Waals surface area contributed by atoms with Gasteiger partial charge in [0, 0.05) is 13.1 Å². The average molecular weight is 380 g/mol. The highest BCUT2D eigenvalue weighted by molar-refractivity contribution is 7.89. The Hall–Kier alpha value is -1.93. The molecule has 1 fully saturated rings.